The van der Waals surface area contributed by atoms with Crippen LogP contribution in [0.4, 0.5) is 13.6 Å². The second kappa shape index (κ2) is 16.0. The Morgan fingerprint density at radius 3 is 2.44 bits per heavy atom. The van der Waals surface area contributed by atoms with Crippen molar-refractivity contribution < 1.29 is 50.6 Å². The van der Waals surface area contributed by atoms with E-state index in [0.717, 1.165) is 19.2 Å². The van der Waals surface area contributed by atoms with Crippen LogP contribution in [-0.4, -0.2) is 96.3 Å². The van der Waals surface area contributed by atoms with Crippen molar-refractivity contribution in [2.24, 2.45) is 17.8 Å². The summed E-state index contributed by atoms with van der Waals surface area (Å²) in [4.78, 5) is 62.4. The summed E-state index contributed by atoms with van der Waals surface area (Å²) >= 11 is 0. The number of fused-ring (bicyclic) bond motifs is 3. The Hall–Kier alpha value is -4.54. The molecule has 2 aliphatic heterocycles. The fourth-order valence-electron chi connectivity index (χ4n) is 7.75. The van der Waals surface area contributed by atoms with E-state index in [9.17, 15) is 36.4 Å². The van der Waals surface area contributed by atoms with Gasteiger partial charge in [0.2, 0.25) is 27.7 Å². The average Bonchev–Trinajstić information content (AvgIpc) is 4.07. The first-order valence-corrected chi connectivity index (χ1v) is 21.2. The number of nitrogens with zero attached hydrogens (tertiary/aromatic N) is 2. The van der Waals surface area contributed by atoms with E-state index >= 15 is 0 Å². The molecule has 0 radical (unpaired) electrons. The van der Waals surface area contributed by atoms with Crippen molar-refractivity contribution in [3.05, 3.63) is 42.6 Å². The summed E-state index contributed by atoms with van der Waals surface area (Å²) in [7, 11) is -2.44. The van der Waals surface area contributed by atoms with Crippen LogP contribution in [0.1, 0.15) is 86.0 Å². The number of alkyl carbamates (subject to hydrolysis) is 1. The Kier molecular flexibility index (Phi) is 11.8. The number of sulfonamides is 1. The molecule has 6 rings (SSSR count). The minimum atomic E-state index is -3.96. The van der Waals surface area contributed by atoms with Crippen molar-refractivity contribution in [2.75, 3.05) is 13.7 Å². The molecule has 4 aliphatic rings. The van der Waals surface area contributed by atoms with Crippen LogP contribution in [-0.2, 0) is 29.1 Å². The van der Waals surface area contributed by atoms with E-state index in [0.29, 0.717) is 56.6 Å². The molecule has 4 amide bonds. The van der Waals surface area contributed by atoms with E-state index < -0.39 is 86.2 Å². The molecule has 3 fully saturated rings. The van der Waals surface area contributed by atoms with Gasteiger partial charge >= 0.3 is 6.09 Å². The van der Waals surface area contributed by atoms with Crippen LogP contribution < -0.4 is 24.8 Å². The van der Waals surface area contributed by atoms with Crippen LogP contribution in [0.25, 0.3) is 10.8 Å². The van der Waals surface area contributed by atoms with Crippen LogP contribution in [0.3, 0.4) is 0 Å². The Balaban J connectivity index is 1.37. The van der Waals surface area contributed by atoms with Gasteiger partial charge in [-0.15, -0.1) is 0 Å². The molecule has 0 spiro atoms. The fourth-order valence-corrected chi connectivity index (χ4v) is 9.11. The first-order valence-electron chi connectivity index (χ1n) is 19.6. The van der Waals surface area contributed by atoms with Crippen LogP contribution >= 0.6 is 0 Å². The van der Waals surface area contributed by atoms with Gasteiger partial charge in [0, 0.05) is 30.0 Å². The summed E-state index contributed by atoms with van der Waals surface area (Å²) in [5.74, 6) is -5.88. The maximum absolute atomic E-state index is 14.9. The number of hydrogen-bond acceptors (Lipinski definition) is 10. The molecule has 0 bridgehead atoms. The second-order valence-corrected chi connectivity index (χ2v) is 18.5. The van der Waals surface area contributed by atoms with E-state index in [2.05, 4.69) is 20.3 Å². The molecular weight excluding hydrogens is 765 g/mol. The minimum absolute atomic E-state index is 0.0323. The number of hydrogen-bond donors (Lipinski definition) is 3. The standard InChI is InChI=1S/C40H53F2N5O9S/c1-7-24-18-23(2)12-8-9-13-25-20-40(25,36(50)46-57(52,53)27-16-17-27)45-33(48)30-19-26(55-34-29-15-11-10-14-28(29)31(54-6)21-43-34)22-47(30)35(49)32(24)44-37(51)56-38(3,4)39(5,41)42/h9-11,13-15,21,23-27,30,32H,7-8,12,16-20,22H2,1-6H3,(H,44,51)(H,45,48)(H,46,50)/b13-9-/t23-,24-,25-,26-,30+,32+,40-/m1/s1. The molecule has 1 saturated heterocycles. The fraction of sp³-hybridized carbons (Fsp3) is 0.625. The number of carbonyl (C=O) groups excluding carboxylic acids is 4. The van der Waals surface area contributed by atoms with Crippen LogP contribution in [0.2, 0.25) is 0 Å². The summed E-state index contributed by atoms with van der Waals surface area (Å²) in [5.41, 5.74) is -3.81. The number of methoxy groups -OCH3 is 1. The van der Waals surface area contributed by atoms with E-state index in [1.54, 1.807) is 12.1 Å². The van der Waals surface area contributed by atoms with Crippen molar-refractivity contribution in [1.82, 2.24) is 25.2 Å². The van der Waals surface area contributed by atoms with Gasteiger partial charge in [0.25, 0.3) is 11.8 Å². The largest absolute Gasteiger partial charge is 0.494 e. The van der Waals surface area contributed by atoms with Gasteiger partial charge in [-0.05, 0) is 70.3 Å². The number of nitrogens with one attached hydrogen (secondary N) is 3. The topological polar surface area (TPSA) is 182 Å². The predicted molar refractivity (Wildman–Crippen MR) is 206 cm³/mol. The second-order valence-electron chi connectivity index (χ2n) is 16.5. The zero-order chi connectivity index (χ0) is 41.5. The van der Waals surface area contributed by atoms with Gasteiger partial charge in [-0.25, -0.2) is 27.0 Å². The van der Waals surface area contributed by atoms with Crippen LogP contribution in [0.15, 0.2) is 42.6 Å². The Bertz CT molecular complexity index is 2020. The molecule has 2 saturated carbocycles. The zero-order valence-electron chi connectivity index (χ0n) is 33.2. The highest BCUT2D eigenvalue weighted by Gasteiger charge is 2.62. The number of carbonyl (C=O) groups is 4. The summed E-state index contributed by atoms with van der Waals surface area (Å²) in [5, 5.41) is 6.09. The summed E-state index contributed by atoms with van der Waals surface area (Å²) in [6.45, 7) is 6.50. The quantitative estimate of drug-likeness (QED) is 0.276. The minimum Gasteiger partial charge on any atom is -0.494 e. The van der Waals surface area contributed by atoms with E-state index in [-0.39, 0.29) is 31.2 Å². The molecule has 14 nitrogen and oxygen atoms in total. The van der Waals surface area contributed by atoms with Gasteiger partial charge in [-0.2, -0.15) is 0 Å². The molecule has 0 unspecified atom stereocenters. The number of allylic oxidation sites excluding steroid dienone is 1. The van der Waals surface area contributed by atoms with E-state index in [1.807, 2.05) is 38.1 Å². The highest BCUT2D eigenvalue weighted by Crippen LogP contribution is 2.46. The number of alkyl halides is 2. The normalized spacial score (nSPS) is 29.2. The summed E-state index contributed by atoms with van der Waals surface area (Å²) in [6, 6.07) is 4.72. The third-order valence-corrected chi connectivity index (χ3v) is 13.7. The van der Waals surface area contributed by atoms with Gasteiger partial charge in [0.15, 0.2) is 5.60 Å². The average molecular weight is 818 g/mol. The molecular formula is C40H53F2N5O9S. The number of benzene rings is 1. The molecule has 3 N–H and O–H groups in total. The van der Waals surface area contributed by atoms with Gasteiger partial charge in [-0.1, -0.05) is 50.6 Å². The van der Waals surface area contributed by atoms with Gasteiger partial charge in [-0.3, -0.25) is 19.1 Å². The highest BCUT2D eigenvalue weighted by atomic mass is 32.2. The lowest BCUT2D eigenvalue weighted by molar-refractivity contribution is -0.152. The highest BCUT2D eigenvalue weighted by molar-refractivity contribution is 7.91. The maximum Gasteiger partial charge on any atom is 0.408 e. The third-order valence-electron chi connectivity index (χ3n) is 11.9. The van der Waals surface area contributed by atoms with Gasteiger partial charge in [0.05, 0.1) is 25.1 Å². The van der Waals surface area contributed by atoms with Crippen molar-refractivity contribution in [1.29, 1.82) is 0 Å². The molecule has 2 aliphatic carbocycles. The molecule has 1 aromatic carbocycles. The Morgan fingerprint density at radius 2 is 1.79 bits per heavy atom. The zero-order valence-corrected chi connectivity index (χ0v) is 34.0. The Morgan fingerprint density at radius 1 is 1.09 bits per heavy atom. The maximum atomic E-state index is 14.9. The van der Waals surface area contributed by atoms with Gasteiger partial charge < -0.3 is 29.7 Å². The lowest BCUT2D eigenvalue weighted by atomic mass is 9.85. The lowest BCUT2D eigenvalue weighted by Crippen LogP contribution is -2.59. The molecule has 57 heavy (non-hydrogen) atoms. The molecule has 3 heterocycles. The monoisotopic (exact) mass is 817 g/mol. The number of rotatable bonds is 10. The smallest absolute Gasteiger partial charge is 0.408 e. The SMILES string of the molecule is CC[C@@H]1C[C@H](C)CC/C=C\[C@@H]2C[C@@]2(C(=O)NS(=O)(=O)C2CC2)NC(=O)[C@@H]2C[C@@H](Oc3ncc(OC)c4ccccc34)CN2C(=O)[C@H]1NC(=O)OC(C)(C)C(C)(F)F. The first kappa shape index (κ1) is 42.1. The molecule has 312 valence electrons. The van der Waals surface area contributed by atoms with Crippen molar-refractivity contribution in [3.63, 3.8) is 0 Å². The number of ether oxygens (including phenoxy) is 3. The van der Waals surface area contributed by atoms with Crippen molar-refractivity contribution in [2.45, 2.75) is 126 Å². The lowest BCUT2D eigenvalue weighted by Gasteiger charge is -2.35. The van der Waals surface area contributed by atoms with E-state index in [4.69, 9.17) is 14.2 Å². The number of aromatic nitrogens is 1. The first-order chi connectivity index (χ1) is 26.8. The number of amides is 4. The summed E-state index contributed by atoms with van der Waals surface area (Å²) in [6.07, 6.45) is 6.30. The third kappa shape index (κ3) is 8.97. The van der Waals surface area contributed by atoms with Crippen molar-refractivity contribution >= 4 is 44.6 Å². The number of pyridine rings is 1. The van der Waals surface area contributed by atoms with Crippen molar-refractivity contribution in [3.8, 4) is 11.6 Å². The number of halogens is 2. The van der Waals surface area contributed by atoms with Gasteiger partial charge in [0.1, 0.15) is 29.5 Å². The molecule has 2 aromatic rings. The van der Waals surface area contributed by atoms with Crippen LogP contribution in [0.5, 0.6) is 11.6 Å². The summed E-state index contributed by atoms with van der Waals surface area (Å²) < 4.78 is 74.0. The van der Waals surface area contributed by atoms with Crippen LogP contribution in [0, 0.1) is 17.8 Å². The Labute approximate surface area is 331 Å². The molecule has 17 heteroatoms. The van der Waals surface area contributed by atoms with E-state index in [1.165, 1.54) is 18.2 Å². The molecule has 1 aromatic heterocycles. The predicted octanol–water partition coefficient (Wildman–Crippen LogP) is 5.01. The molecule has 7 atom stereocenters.